The summed E-state index contributed by atoms with van der Waals surface area (Å²) >= 11 is 6.55. The molecule has 1 amide bonds. The van der Waals surface area contributed by atoms with Crippen molar-refractivity contribution >= 4 is 39.9 Å². The van der Waals surface area contributed by atoms with Crippen LogP contribution in [0.5, 0.6) is 0 Å². The number of alkyl halides is 1. The Balaban J connectivity index is 1.41. The molecule has 2 N–H and O–H groups in total. The van der Waals surface area contributed by atoms with E-state index in [-0.39, 0.29) is 17.3 Å². The molecule has 0 saturated heterocycles. The predicted octanol–water partition coefficient (Wildman–Crippen LogP) is 4.52. The Morgan fingerprint density at radius 3 is 2.91 bits per heavy atom. The number of benzene rings is 1. The van der Waals surface area contributed by atoms with Crippen LogP contribution >= 0.6 is 11.6 Å². The molecule has 5 aromatic rings. The number of aromatic amines is 1. The number of nitrogens with zero attached hydrogens (tertiary/aromatic N) is 5. The van der Waals surface area contributed by atoms with E-state index >= 15 is 4.39 Å². The van der Waals surface area contributed by atoms with Gasteiger partial charge in [0.15, 0.2) is 11.5 Å². The summed E-state index contributed by atoms with van der Waals surface area (Å²) in [5.41, 5.74) is 3.21. The number of imidazole rings is 1. The maximum atomic E-state index is 15.5. The van der Waals surface area contributed by atoms with Crippen molar-refractivity contribution in [1.29, 1.82) is 0 Å². The van der Waals surface area contributed by atoms with Gasteiger partial charge in [-0.05, 0) is 25.5 Å². The molecule has 2 unspecified atom stereocenters. The number of amides is 1. The van der Waals surface area contributed by atoms with Crippen LogP contribution < -0.4 is 5.32 Å². The zero-order valence-corrected chi connectivity index (χ0v) is 18.6. The van der Waals surface area contributed by atoms with E-state index in [1.54, 1.807) is 23.0 Å². The highest BCUT2D eigenvalue weighted by atomic mass is 35.5. The quantitative estimate of drug-likeness (QED) is 0.386. The number of carbonyl (C=O) groups excluding carboxylic acids is 1. The first-order chi connectivity index (χ1) is 16.4. The first-order valence-electron chi connectivity index (χ1n) is 10.7. The fourth-order valence-electron chi connectivity index (χ4n) is 4.16. The summed E-state index contributed by atoms with van der Waals surface area (Å²) in [6.45, 7) is 2.24. The number of H-pyrrole nitrogens is 1. The highest BCUT2D eigenvalue weighted by Crippen LogP contribution is 2.39. The molecule has 1 aliphatic carbocycles. The van der Waals surface area contributed by atoms with Gasteiger partial charge in [0.2, 0.25) is 5.91 Å². The maximum Gasteiger partial charge on any atom is 0.231 e. The van der Waals surface area contributed by atoms with Crippen molar-refractivity contribution in [2.75, 3.05) is 5.32 Å². The third-order valence-corrected chi connectivity index (χ3v) is 6.53. The lowest BCUT2D eigenvalue weighted by molar-refractivity contribution is -0.117. The highest BCUT2D eigenvalue weighted by molar-refractivity contribution is 6.35. The Morgan fingerprint density at radius 2 is 2.18 bits per heavy atom. The topological polar surface area (TPSA) is 92.9 Å². The molecule has 0 bridgehead atoms. The Bertz CT molecular complexity index is 1590. The van der Waals surface area contributed by atoms with E-state index in [0.717, 1.165) is 5.69 Å². The number of halogens is 3. The molecule has 1 fully saturated rings. The Kier molecular flexibility index (Phi) is 4.66. The zero-order chi connectivity index (χ0) is 23.6. The largest absolute Gasteiger partial charge is 0.347 e. The molecular weight excluding hydrogens is 464 g/mol. The van der Waals surface area contributed by atoms with E-state index in [9.17, 15) is 9.18 Å². The van der Waals surface area contributed by atoms with Gasteiger partial charge in [0, 0.05) is 34.6 Å². The van der Waals surface area contributed by atoms with Crippen LogP contribution in [0.3, 0.4) is 0 Å². The molecule has 11 heteroatoms. The van der Waals surface area contributed by atoms with Crippen LogP contribution in [0, 0.1) is 18.7 Å². The SMILES string of the molecule is Cc1cccn1Cc1c(F)c(Cl)c(-c2cn3cc(NC(=O)C4CC4F)nc3cn2)c2cn[nH]c12. The van der Waals surface area contributed by atoms with Crippen LogP contribution in [0.1, 0.15) is 17.7 Å². The van der Waals surface area contributed by atoms with E-state index < -0.39 is 23.8 Å². The van der Waals surface area contributed by atoms with Crippen molar-refractivity contribution in [3.05, 3.63) is 65.2 Å². The predicted molar refractivity (Wildman–Crippen MR) is 123 cm³/mol. The molecule has 1 saturated carbocycles. The molecule has 4 heterocycles. The number of hydrogen-bond donors (Lipinski definition) is 2. The minimum atomic E-state index is -1.09. The standard InChI is InChI=1S/C23H18ClF2N7O/c1-11-3-2-4-32(11)8-14-21(26)20(24)19(13-6-28-31-22(13)14)16-9-33-10-17(29-18(33)7-27-16)30-23(34)12-5-15(12)25/h2-4,6-7,9-10,12,15H,5,8H2,1H3,(H,28,31)(H,30,34). The van der Waals surface area contributed by atoms with Gasteiger partial charge in [-0.1, -0.05) is 11.6 Å². The molecular formula is C23H18ClF2N7O. The third kappa shape index (κ3) is 3.33. The minimum Gasteiger partial charge on any atom is -0.347 e. The number of anilines is 1. The second-order valence-corrected chi connectivity index (χ2v) is 8.81. The minimum absolute atomic E-state index is 0.0584. The van der Waals surface area contributed by atoms with E-state index in [1.807, 2.05) is 29.8 Å². The fraction of sp³-hybridized carbons (Fsp3) is 0.217. The number of aryl methyl sites for hydroxylation is 1. The van der Waals surface area contributed by atoms with Crippen molar-refractivity contribution in [3.63, 3.8) is 0 Å². The van der Waals surface area contributed by atoms with Gasteiger partial charge in [0.1, 0.15) is 12.0 Å². The molecule has 1 aliphatic rings. The number of fused-ring (bicyclic) bond motifs is 2. The number of aromatic nitrogens is 6. The zero-order valence-electron chi connectivity index (χ0n) is 17.9. The molecule has 0 radical (unpaired) electrons. The first kappa shape index (κ1) is 20.8. The van der Waals surface area contributed by atoms with E-state index in [2.05, 4.69) is 25.5 Å². The van der Waals surface area contributed by atoms with Gasteiger partial charge in [-0.25, -0.2) is 13.8 Å². The monoisotopic (exact) mass is 481 g/mol. The van der Waals surface area contributed by atoms with E-state index in [4.69, 9.17) is 11.6 Å². The van der Waals surface area contributed by atoms with E-state index in [1.165, 1.54) is 6.20 Å². The molecule has 0 spiro atoms. The molecule has 0 aliphatic heterocycles. The summed E-state index contributed by atoms with van der Waals surface area (Å²) in [5, 5.41) is 10.2. The molecule has 6 rings (SSSR count). The fourth-order valence-corrected chi connectivity index (χ4v) is 4.48. The van der Waals surface area contributed by atoms with Gasteiger partial charge in [-0.2, -0.15) is 5.10 Å². The number of nitrogens with one attached hydrogen (secondary N) is 2. The molecule has 4 aromatic heterocycles. The van der Waals surface area contributed by atoms with Crippen LogP contribution in [0.4, 0.5) is 14.6 Å². The average Bonchev–Trinajstić information content (AvgIpc) is 3.16. The Morgan fingerprint density at radius 1 is 1.35 bits per heavy atom. The van der Waals surface area contributed by atoms with Crippen LogP contribution in [0.2, 0.25) is 5.02 Å². The third-order valence-electron chi connectivity index (χ3n) is 6.17. The molecule has 8 nitrogen and oxygen atoms in total. The second kappa shape index (κ2) is 7.63. The lowest BCUT2D eigenvalue weighted by Gasteiger charge is -2.13. The van der Waals surface area contributed by atoms with E-state index in [0.29, 0.717) is 39.9 Å². The first-order valence-corrected chi connectivity index (χ1v) is 11.0. The second-order valence-electron chi connectivity index (χ2n) is 8.43. The van der Waals surface area contributed by atoms with Crippen LogP contribution in [-0.4, -0.2) is 41.2 Å². The summed E-state index contributed by atoms with van der Waals surface area (Å²) in [7, 11) is 0. The summed E-state index contributed by atoms with van der Waals surface area (Å²) in [6.07, 6.45) is 7.35. The van der Waals surface area contributed by atoms with Gasteiger partial charge in [0.25, 0.3) is 0 Å². The summed E-state index contributed by atoms with van der Waals surface area (Å²) in [5.74, 6) is -1.29. The molecule has 34 heavy (non-hydrogen) atoms. The van der Waals surface area contributed by atoms with Gasteiger partial charge in [-0.15, -0.1) is 0 Å². The van der Waals surface area contributed by atoms with Crippen molar-refractivity contribution in [2.45, 2.75) is 26.1 Å². The molecule has 172 valence electrons. The van der Waals surface area contributed by atoms with Crippen LogP contribution in [0.15, 0.2) is 43.1 Å². The number of carbonyl (C=O) groups is 1. The van der Waals surface area contributed by atoms with Gasteiger partial charge in [0.05, 0.1) is 47.3 Å². The Labute approximate surface area is 196 Å². The van der Waals surface area contributed by atoms with Gasteiger partial charge < -0.3 is 14.3 Å². The summed E-state index contributed by atoms with van der Waals surface area (Å²) in [6, 6.07) is 3.84. The van der Waals surface area contributed by atoms with Crippen molar-refractivity contribution in [3.8, 4) is 11.3 Å². The highest BCUT2D eigenvalue weighted by Gasteiger charge is 2.43. The van der Waals surface area contributed by atoms with Crippen LogP contribution in [-0.2, 0) is 11.3 Å². The normalized spacial score (nSPS) is 17.5. The molecule has 1 aromatic carbocycles. The number of hydrogen-bond acceptors (Lipinski definition) is 4. The summed E-state index contributed by atoms with van der Waals surface area (Å²) in [4.78, 5) is 20.8. The Hall–Kier alpha value is -3.79. The lowest BCUT2D eigenvalue weighted by atomic mass is 10.0. The van der Waals surface area contributed by atoms with Crippen molar-refractivity contribution in [2.24, 2.45) is 5.92 Å². The average molecular weight is 482 g/mol. The number of rotatable bonds is 5. The van der Waals surface area contributed by atoms with Gasteiger partial charge >= 0.3 is 0 Å². The summed E-state index contributed by atoms with van der Waals surface area (Å²) < 4.78 is 32.3. The van der Waals surface area contributed by atoms with Crippen molar-refractivity contribution in [1.82, 2.24) is 29.1 Å². The smallest absolute Gasteiger partial charge is 0.231 e. The molecule has 2 atom stereocenters. The van der Waals surface area contributed by atoms with Gasteiger partial charge in [-0.3, -0.25) is 14.9 Å². The maximum absolute atomic E-state index is 15.5. The lowest BCUT2D eigenvalue weighted by Crippen LogP contribution is -2.15. The van der Waals surface area contributed by atoms with Crippen LogP contribution in [0.25, 0.3) is 27.8 Å². The van der Waals surface area contributed by atoms with Crippen molar-refractivity contribution < 1.29 is 13.6 Å².